The van der Waals surface area contributed by atoms with Crippen LogP contribution >= 0.6 is 23.2 Å². The van der Waals surface area contributed by atoms with E-state index in [-0.39, 0.29) is 11.6 Å². The minimum atomic E-state index is -1.40. The van der Waals surface area contributed by atoms with Crippen molar-refractivity contribution >= 4 is 41.0 Å². The largest absolute Gasteiger partial charge is 0.506 e. The van der Waals surface area contributed by atoms with Crippen LogP contribution in [-0.2, 0) is 16.9 Å². The van der Waals surface area contributed by atoms with Crippen LogP contribution in [0, 0.1) is 0 Å². The Labute approximate surface area is 221 Å². The first-order valence-corrected chi connectivity index (χ1v) is 11.6. The minimum absolute atomic E-state index is 0.244. The number of nitrogens with zero attached hydrogens (tertiary/aromatic N) is 1. The third kappa shape index (κ3) is 6.04. The number of aromatic nitrogens is 1. The molecule has 0 unspecified atom stereocenters. The second-order valence-electron chi connectivity index (χ2n) is 8.57. The van der Waals surface area contributed by atoms with E-state index in [0.717, 1.165) is 0 Å². The van der Waals surface area contributed by atoms with Gasteiger partial charge in [-0.15, -0.1) is 0 Å². The van der Waals surface area contributed by atoms with Crippen molar-refractivity contribution in [2.24, 2.45) is 0 Å². The number of carbonyl (C=O) groups is 3. The Hall–Kier alpha value is -4.02. The molecule has 10 nitrogen and oxygen atoms in total. The Morgan fingerprint density at radius 2 is 1.57 bits per heavy atom. The molecule has 0 fully saturated rings. The van der Waals surface area contributed by atoms with Crippen molar-refractivity contribution in [1.29, 1.82) is 0 Å². The van der Waals surface area contributed by atoms with Gasteiger partial charge in [0.05, 0.1) is 12.1 Å². The van der Waals surface area contributed by atoms with Crippen LogP contribution in [0.2, 0.25) is 10.0 Å². The van der Waals surface area contributed by atoms with E-state index in [9.17, 15) is 29.4 Å². The standard InChI is InChI=1S/C25H23Cl2N3O7/c1-25(2,14-7-9-15(26)10-8-14)29-22(35)19-20(33)18(21(34)28-11-17(31)32)23(36)30(24(19)37)12-13-5-3-4-6-16(13)27/h3-10,33,37H,11-12H2,1-2H3,(H,28,34)(H,29,35)(H,31,32). The number of aromatic hydroxyl groups is 2. The number of carbonyl (C=O) groups excluding carboxylic acids is 2. The highest BCUT2D eigenvalue weighted by Gasteiger charge is 2.33. The predicted octanol–water partition coefficient (Wildman–Crippen LogP) is 3.09. The highest BCUT2D eigenvalue weighted by Crippen LogP contribution is 2.31. The molecule has 194 valence electrons. The van der Waals surface area contributed by atoms with Gasteiger partial charge in [0, 0.05) is 10.0 Å². The third-order valence-corrected chi connectivity index (χ3v) is 6.17. The molecule has 12 heteroatoms. The van der Waals surface area contributed by atoms with E-state index in [0.29, 0.717) is 20.7 Å². The summed E-state index contributed by atoms with van der Waals surface area (Å²) in [6, 6.07) is 13.0. The van der Waals surface area contributed by atoms with Crippen LogP contribution in [0.4, 0.5) is 0 Å². The van der Waals surface area contributed by atoms with Crippen molar-refractivity contribution in [3.63, 3.8) is 0 Å². The minimum Gasteiger partial charge on any atom is -0.506 e. The number of hydrogen-bond acceptors (Lipinski definition) is 6. The normalized spacial score (nSPS) is 11.1. The van der Waals surface area contributed by atoms with Gasteiger partial charge in [0.15, 0.2) is 5.75 Å². The molecule has 0 saturated carbocycles. The Morgan fingerprint density at radius 3 is 2.16 bits per heavy atom. The van der Waals surface area contributed by atoms with E-state index in [4.69, 9.17) is 28.3 Å². The maximum Gasteiger partial charge on any atom is 0.322 e. The summed E-state index contributed by atoms with van der Waals surface area (Å²) >= 11 is 12.1. The number of carboxylic acid groups (broad SMARTS) is 1. The quantitative estimate of drug-likeness (QED) is 0.289. The Balaban J connectivity index is 2.15. The molecule has 1 aromatic heterocycles. The summed E-state index contributed by atoms with van der Waals surface area (Å²) in [6.45, 7) is 2.10. The molecule has 3 rings (SSSR count). The number of benzene rings is 2. The zero-order chi connectivity index (χ0) is 27.5. The van der Waals surface area contributed by atoms with Gasteiger partial charge in [-0.25, -0.2) is 0 Å². The molecular weight excluding hydrogens is 525 g/mol. The molecule has 0 spiro atoms. The number of rotatable bonds is 8. The number of aliphatic carboxylic acids is 1. The lowest BCUT2D eigenvalue weighted by atomic mass is 9.93. The van der Waals surface area contributed by atoms with Crippen molar-refractivity contribution < 1.29 is 29.7 Å². The molecule has 1 heterocycles. The summed E-state index contributed by atoms with van der Waals surface area (Å²) < 4.78 is 0.695. The molecule has 0 aliphatic heterocycles. The lowest BCUT2D eigenvalue weighted by Gasteiger charge is -2.28. The smallest absolute Gasteiger partial charge is 0.322 e. The molecule has 2 aromatic carbocycles. The molecule has 3 aromatic rings. The van der Waals surface area contributed by atoms with E-state index in [1.165, 1.54) is 0 Å². The second kappa shape index (κ2) is 10.9. The summed E-state index contributed by atoms with van der Waals surface area (Å²) in [5, 5.41) is 36.0. The van der Waals surface area contributed by atoms with Gasteiger partial charge in [-0.1, -0.05) is 53.5 Å². The second-order valence-corrected chi connectivity index (χ2v) is 9.41. The summed E-state index contributed by atoms with van der Waals surface area (Å²) in [6.07, 6.45) is 0. The fourth-order valence-electron chi connectivity index (χ4n) is 3.59. The van der Waals surface area contributed by atoms with Crippen LogP contribution in [0.5, 0.6) is 11.6 Å². The van der Waals surface area contributed by atoms with Crippen molar-refractivity contribution in [2.75, 3.05) is 6.54 Å². The zero-order valence-electron chi connectivity index (χ0n) is 19.7. The van der Waals surface area contributed by atoms with Gasteiger partial charge in [-0.05, 0) is 43.2 Å². The lowest BCUT2D eigenvalue weighted by molar-refractivity contribution is -0.135. The van der Waals surface area contributed by atoms with Gasteiger partial charge < -0.3 is 26.0 Å². The Morgan fingerprint density at radius 1 is 0.946 bits per heavy atom. The van der Waals surface area contributed by atoms with E-state index < -0.39 is 58.2 Å². The van der Waals surface area contributed by atoms with Crippen LogP contribution in [-0.4, -0.2) is 44.2 Å². The van der Waals surface area contributed by atoms with Gasteiger partial charge in [0.25, 0.3) is 17.4 Å². The topological polar surface area (TPSA) is 158 Å². The van der Waals surface area contributed by atoms with Gasteiger partial charge in [0.2, 0.25) is 5.88 Å². The molecule has 2 amide bonds. The number of pyridine rings is 1. The molecule has 0 atom stereocenters. The summed E-state index contributed by atoms with van der Waals surface area (Å²) in [5.74, 6) is -5.67. The third-order valence-electron chi connectivity index (χ3n) is 5.54. The lowest BCUT2D eigenvalue weighted by Crippen LogP contribution is -2.42. The van der Waals surface area contributed by atoms with E-state index >= 15 is 0 Å². The molecule has 0 radical (unpaired) electrons. The van der Waals surface area contributed by atoms with Gasteiger partial charge >= 0.3 is 5.97 Å². The monoisotopic (exact) mass is 547 g/mol. The predicted molar refractivity (Wildman–Crippen MR) is 136 cm³/mol. The van der Waals surface area contributed by atoms with Crippen molar-refractivity contribution in [2.45, 2.75) is 25.9 Å². The fourth-order valence-corrected chi connectivity index (χ4v) is 3.91. The molecule has 0 bridgehead atoms. The first-order valence-electron chi connectivity index (χ1n) is 10.8. The number of carboxylic acids is 1. The number of hydrogen-bond donors (Lipinski definition) is 5. The molecule has 5 N–H and O–H groups in total. The molecule has 0 saturated heterocycles. The van der Waals surface area contributed by atoms with Gasteiger partial charge in [-0.2, -0.15) is 0 Å². The molecule has 0 aliphatic carbocycles. The number of nitrogens with one attached hydrogen (secondary N) is 2. The van der Waals surface area contributed by atoms with Gasteiger partial charge in [0.1, 0.15) is 17.7 Å². The summed E-state index contributed by atoms with van der Waals surface area (Å²) in [7, 11) is 0. The fraction of sp³-hybridized carbons (Fsp3) is 0.200. The summed E-state index contributed by atoms with van der Waals surface area (Å²) in [4.78, 5) is 50.1. The average molecular weight is 548 g/mol. The van der Waals surface area contributed by atoms with Gasteiger partial charge in [-0.3, -0.25) is 23.7 Å². The zero-order valence-corrected chi connectivity index (χ0v) is 21.2. The average Bonchev–Trinajstić information content (AvgIpc) is 2.81. The number of halogens is 2. The van der Waals surface area contributed by atoms with Crippen LogP contribution < -0.4 is 16.2 Å². The molecule has 0 aliphatic rings. The molecule has 37 heavy (non-hydrogen) atoms. The van der Waals surface area contributed by atoms with Crippen LogP contribution in [0.25, 0.3) is 0 Å². The van der Waals surface area contributed by atoms with E-state index in [1.807, 2.05) is 5.32 Å². The Bertz CT molecular complexity index is 1430. The summed E-state index contributed by atoms with van der Waals surface area (Å²) in [5.41, 5.74) is -2.87. The van der Waals surface area contributed by atoms with Crippen molar-refractivity contribution in [3.05, 3.63) is 91.2 Å². The highest BCUT2D eigenvalue weighted by molar-refractivity contribution is 6.31. The molecular formula is C25H23Cl2N3O7. The SMILES string of the molecule is CC(C)(NC(=O)c1c(O)c(C(=O)NCC(=O)O)c(=O)n(Cc2ccccc2Cl)c1O)c1ccc(Cl)cc1. The van der Waals surface area contributed by atoms with Crippen LogP contribution in [0.15, 0.2) is 53.3 Å². The van der Waals surface area contributed by atoms with Crippen LogP contribution in [0.1, 0.15) is 45.7 Å². The van der Waals surface area contributed by atoms with E-state index in [2.05, 4.69) is 5.32 Å². The van der Waals surface area contributed by atoms with Crippen LogP contribution in [0.3, 0.4) is 0 Å². The highest BCUT2D eigenvalue weighted by atomic mass is 35.5. The maximum absolute atomic E-state index is 13.3. The first-order chi connectivity index (χ1) is 17.3. The van der Waals surface area contributed by atoms with Crippen molar-refractivity contribution in [1.82, 2.24) is 15.2 Å². The van der Waals surface area contributed by atoms with E-state index in [1.54, 1.807) is 62.4 Å². The number of amides is 2. The Kier molecular flexibility index (Phi) is 8.15. The maximum atomic E-state index is 13.3. The van der Waals surface area contributed by atoms with Crippen molar-refractivity contribution in [3.8, 4) is 11.6 Å². The first kappa shape index (κ1) is 27.6.